The Morgan fingerprint density at radius 3 is 2.46 bits per heavy atom. The number of alkyl halides is 3. The molecule has 76 valence electrons. The number of carbonyl (C=O) groups is 1. The largest absolute Gasteiger partial charge is 0.389 e. The molecule has 1 atom stereocenters. The third kappa shape index (κ3) is 5.63. The maximum absolute atomic E-state index is 11.7. The highest BCUT2D eigenvalue weighted by Crippen LogP contribution is 2.23. The van der Waals surface area contributed by atoms with E-state index in [-0.39, 0.29) is 18.3 Å². The number of carbonyl (C=O) groups excluding carboxylic acids is 1. The van der Waals surface area contributed by atoms with Gasteiger partial charge in [0.1, 0.15) is 5.78 Å². The van der Waals surface area contributed by atoms with Crippen LogP contribution in [0, 0.1) is 0 Å². The van der Waals surface area contributed by atoms with Gasteiger partial charge in [0, 0.05) is 12.8 Å². The number of halogens is 3. The first-order valence-electron chi connectivity index (χ1n) is 4.17. The minimum Gasteiger partial charge on any atom is -0.373 e. The molecule has 0 aromatic rings. The maximum atomic E-state index is 11.7. The fourth-order valence-electron chi connectivity index (χ4n) is 0.963. The lowest BCUT2D eigenvalue weighted by atomic mass is 10.1. The van der Waals surface area contributed by atoms with Gasteiger partial charge >= 0.3 is 6.18 Å². The Morgan fingerprint density at radius 2 is 2.00 bits per heavy atom. The second kappa shape index (κ2) is 4.09. The predicted octanol–water partition coefficient (Wildman–Crippen LogP) is 2.08. The highest BCUT2D eigenvalue weighted by molar-refractivity contribution is 5.78. The fourth-order valence-corrected chi connectivity index (χ4v) is 0.963. The van der Waals surface area contributed by atoms with Crippen LogP contribution in [0.3, 0.4) is 0 Å². The molecule has 0 N–H and O–H groups in total. The van der Waals surface area contributed by atoms with E-state index in [0.29, 0.717) is 13.0 Å². The molecule has 0 bridgehead atoms. The van der Waals surface area contributed by atoms with Gasteiger partial charge in [-0.25, -0.2) is 0 Å². The second-order valence-corrected chi connectivity index (χ2v) is 3.15. The molecule has 1 aliphatic rings. The van der Waals surface area contributed by atoms with Crippen molar-refractivity contribution in [3.05, 3.63) is 0 Å². The minimum atomic E-state index is -4.22. The van der Waals surface area contributed by atoms with Gasteiger partial charge in [0.05, 0.1) is 19.1 Å². The number of rotatable bonds is 5. The Balaban J connectivity index is 2.03. The van der Waals surface area contributed by atoms with Crippen LogP contribution in [0.2, 0.25) is 0 Å². The van der Waals surface area contributed by atoms with E-state index in [2.05, 4.69) is 0 Å². The van der Waals surface area contributed by atoms with Crippen molar-refractivity contribution < 1.29 is 22.7 Å². The van der Waals surface area contributed by atoms with E-state index >= 15 is 0 Å². The molecule has 1 unspecified atom stereocenters. The molecule has 0 saturated carbocycles. The number of epoxide rings is 1. The maximum Gasteiger partial charge on any atom is 0.389 e. The van der Waals surface area contributed by atoms with E-state index in [9.17, 15) is 18.0 Å². The molecule has 5 heteroatoms. The van der Waals surface area contributed by atoms with Gasteiger partial charge in [-0.15, -0.1) is 0 Å². The average molecular weight is 196 g/mol. The van der Waals surface area contributed by atoms with Crippen molar-refractivity contribution in [3.8, 4) is 0 Å². The lowest BCUT2D eigenvalue weighted by Crippen LogP contribution is -2.11. The highest BCUT2D eigenvalue weighted by Gasteiger charge is 2.28. The molecular weight excluding hydrogens is 185 g/mol. The Labute approximate surface area is 74.1 Å². The fraction of sp³-hybridized carbons (Fsp3) is 0.875. The topological polar surface area (TPSA) is 29.6 Å². The van der Waals surface area contributed by atoms with Crippen LogP contribution in [0.15, 0.2) is 0 Å². The van der Waals surface area contributed by atoms with Gasteiger partial charge in [-0.05, 0) is 6.42 Å². The summed E-state index contributed by atoms with van der Waals surface area (Å²) in [7, 11) is 0. The Morgan fingerprint density at radius 1 is 1.38 bits per heavy atom. The van der Waals surface area contributed by atoms with Crippen molar-refractivity contribution in [1.29, 1.82) is 0 Å². The molecule has 2 nitrogen and oxygen atoms in total. The minimum absolute atomic E-state index is 0.120. The summed E-state index contributed by atoms with van der Waals surface area (Å²) >= 11 is 0. The quantitative estimate of drug-likeness (QED) is 0.630. The van der Waals surface area contributed by atoms with Crippen molar-refractivity contribution in [2.45, 2.75) is 38.0 Å². The van der Waals surface area contributed by atoms with Gasteiger partial charge in [0.25, 0.3) is 0 Å². The monoisotopic (exact) mass is 196 g/mol. The summed E-state index contributed by atoms with van der Waals surface area (Å²) in [4.78, 5) is 10.9. The van der Waals surface area contributed by atoms with Crippen LogP contribution in [-0.4, -0.2) is 24.7 Å². The van der Waals surface area contributed by atoms with Crippen LogP contribution < -0.4 is 0 Å². The Hall–Kier alpha value is -0.580. The molecule has 0 radical (unpaired) electrons. The van der Waals surface area contributed by atoms with Gasteiger partial charge in [-0.1, -0.05) is 0 Å². The number of hydrogen-bond donors (Lipinski definition) is 0. The van der Waals surface area contributed by atoms with Crippen molar-refractivity contribution >= 4 is 5.78 Å². The average Bonchev–Trinajstić information content (AvgIpc) is 2.78. The molecule has 0 amide bonds. The zero-order chi connectivity index (χ0) is 9.90. The molecular formula is C8H11F3O2. The summed E-state index contributed by atoms with van der Waals surface area (Å²) in [6.45, 7) is 0.645. The summed E-state index contributed by atoms with van der Waals surface area (Å²) in [5, 5.41) is 0. The van der Waals surface area contributed by atoms with E-state index in [1.165, 1.54) is 0 Å². The summed E-state index contributed by atoms with van der Waals surface area (Å²) in [5.41, 5.74) is 0. The predicted molar refractivity (Wildman–Crippen MR) is 39.3 cm³/mol. The van der Waals surface area contributed by atoms with E-state index in [1.807, 2.05) is 0 Å². The molecule has 1 heterocycles. The van der Waals surface area contributed by atoms with Crippen LogP contribution >= 0.6 is 0 Å². The molecule has 13 heavy (non-hydrogen) atoms. The van der Waals surface area contributed by atoms with Crippen LogP contribution in [-0.2, 0) is 9.53 Å². The Bertz CT molecular complexity index is 184. The molecule has 0 aromatic carbocycles. The van der Waals surface area contributed by atoms with Gasteiger partial charge < -0.3 is 4.74 Å². The van der Waals surface area contributed by atoms with E-state index in [1.54, 1.807) is 0 Å². The van der Waals surface area contributed by atoms with Gasteiger partial charge in [-0.3, -0.25) is 4.79 Å². The van der Waals surface area contributed by atoms with Crippen molar-refractivity contribution in [2.75, 3.05) is 6.61 Å². The molecule has 0 aliphatic carbocycles. The zero-order valence-electron chi connectivity index (χ0n) is 7.06. The molecule has 1 rings (SSSR count). The summed E-state index contributed by atoms with van der Waals surface area (Å²) < 4.78 is 39.8. The molecule has 0 aromatic heterocycles. The lowest BCUT2D eigenvalue weighted by Gasteiger charge is -2.04. The third-order valence-electron chi connectivity index (χ3n) is 1.83. The van der Waals surface area contributed by atoms with Gasteiger partial charge in [-0.2, -0.15) is 13.2 Å². The highest BCUT2D eigenvalue weighted by atomic mass is 19.4. The van der Waals surface area contributed by atoms with Crippen LogP contribution in [0.25, 0.3) is 0 Å². The van der Waals surface area contributed by atoms with Gasteiger partial charge in [0.2, 0.25) is 0 Å². The third-order valence-corrected chi connectivity index (χ3v) is 1.83. The Kier molecular flexibility index (Phi) is 3.30. The first-order valence-corrected chi connectivity index (χ1v) is 4.17. The summed E-state index contributed by atoms with van der Waals surface area (Å²) in [6, 6.07) is 0. The normalized spacial score (nSPS) is 21.6. The molecule has 0 spiro atoms. The number of ether oxygens (including phenoxy) is 1. The van der Waals surface area contributed by atoms with E-state index in [0.717, 1.165) is 0 Å². The van der Waals surface area contributed by atoms with Gasteiger partial charge in [0.15, 0.2) is 0 Å². The summed E-state index contributed by atoms with van der Waals surface area (Å²) in [6.07, 6.45) is -4.72. The number of Topliss-reactive ketones (excluding diaryl/α,β-unsaturated/α-hetero) is 1. The summed E-state index contributed by atoms with van der Waals surface area (Å²) in [5.74, 6) is -0.326. The zero-order valence-corrected chi connectivity index (χ0v) is 7.06. The smallest absolute Gasteiger partial charge is 0.373 e. The standard InChI is InChI=1S/C8H11F3O2/c9-8(10,11)4-3-6(12)1-2-7-5-13-7/h7H,1-5H2. The molecule has 1 fully saturated rings. The van der Waals surface area contributed by atoms with Crippen molar-refractivity contribution in [3.63, 3.8) is 0 Å². The number of hydrogen-bond acceptors (Lipinski definition) is 2. The molecule has 1 saturated heterocycles. The van der Waals surface area contributed by atoms with E-state index in [4.69, 9.17) is 4.74 Å². The first kappa shape index (κ1) is 10.5. The SMILES string of the molecule is O=C(CCC1CO1)CCC(F)(F)F. The number of ketones is 1. The molecule has 1 aliphatic heterocycles. The van der Waals surface area contributed by atoms with Crippen molar-refractivity contribution in [1.82, 2.24) is 0 Å². The second-order valence-electron chi connectivity index (χ2n) is 3.15. The van der Waals surface area contributed by atoms with Crippen molar-refractivity contribution in [2.24, 2.45) is 0 Å². The van der Waals surface area contributed by atoms with E-state index < -0.39 is 19.0 Å². The van der Waals surface area contributed by atoms with Crippen LogP contribution in [0.4, 0.5) is 13.2 Å². The lowest BCUT2D eigenvalue weighted by molar-refractivity contribution is -0.143. The first-order chi connectivity index (χ1) is 5.97. The van der Waals surface area contributed by atoms with Crippen LogP contribution in [0.1, 0.15) is 25.7 Å². The van der Waals surface area contributed by atoms with Crippen LogP contribution in [0.5, 0.6) is 0 Å².